The summed E-state index contributed by atoms with van der Waals surface area (Å²) in [5, 5.41) is 4.70. The third-order valence-corrected chi connectivity index (χ3v) is 5.43. The fourth-order valence-corrected chi connectivity index (χ4v) is 3.77. The van der Waals surface area contributed by atoms with Crippen molar-refractivity contribution >= 4 is 18.3 Å². The van der Waals surface area contributed by atoms with Crippen LogP contribution in [0.5, 0.6) is 11.5 Å². The lowest BCUT2D eigenvalue weighted by molar-refractivity contribution is 0.0718. The number of piperidine rings is 1. The van der Waals surface area contributed by atoms with Gasteiger partial charge in [0.15, 0.2) is 5.69 Å². The third kappa shape index (κ3) is 5.23. The fourth-order valence-electron chi connectivity index (χ4n) is 3.77. The fraction of sp³-hybridized carbons (Fsp3) is 0.333. The number of methoxy groups -OCH3 is 1. The van der Waals surface area contributed by atoms with Crippen LogP contribution >= 0.6 is 12.4 Å². The summed E-state index contributed by atoms with van der Waals surface area (Å²) in [6.07, 6.45) is 3.26. The number of hydrogen-bond donors (Lipinski definition) is 1. The maximum atomic E-state index is 13.1. The van der Waals surface area contributed by atoms with Gasteiger partial charge in [0.1, 0.15) is 18.1 Å². The molecule has 7 nitrogen and oxygen atoms in total. The minimum absolute atomic E-state index is 0. The number of benzene rings is 2. The minimum atomic E-state index is -0.0175. The minimum Gasteiger partial charge on any atom is -0.497 e. The summed E-state index contributed by atoms with van der Waals surface area (Å²) in [7, 11) is 1.64. The summed E-state index contributed by atoms with van der Waals surface area (Å²) in [5.74, 6) is 1.51. The molecule has 4 rings (SSSR count). The number of aromatic nitrogens is 2. The lowest BCUT2D eigenvalue weighted by Crippen LogP contribution is -2.35. The standard InChI is InChI=1S/C24H28N4O3.ClH/c1-30-20-11-7-19(8-12-20)28-23(18-5-9-21(10-6-18)31-16-13-25)17-22(26-28)24(29)27-14-3-2-4-15-27;/h5-12,17H,2-4,13-16,25H2,1H3;1H. The Balaban J connectivity index is 0.00000289. The second-order valence-electron chi connectivity index (χ2n) is 7.54. The average molecular weight is 457 g/mol. The molecule has 0 saturated carbocycles. The van der Waals surface area contributed by atoms with Crippen molar-refractivity contribution < 1.29 is 14.3 Å². The van der Waals surface area contributed by atoms with Crippen LogP contribution in [0.4, 0.5) is 0 Å². The van der Waals surface area contributed by atoms with Crippen LogP contribution in [0.3, 0.4) is 0 Å². The summed E-state index contributed by atoms with van der Waals surface area (Å²) >= 11 is 0. The molecule has 1 aliphatic rings. The lowest BCUT2D eigenvalue weighted by atomic mass is 10.1. The van der Waals surface area contributed by atoms with Gasteiger partial charge in [0.05, 0.1) is 18.5 Å². The molecule has 1 amide bonds. The van der Waals surface area contributed by atoms with E-state index < -0.39 is 0 Å². The van der Waals surface area contributed by atoms with E-state index in [1.807, 2.05) is 64.2 Å². The van der Waals surface area contributed by atoms with Crippen molar-refractivity contribution in [3.8, 4) is 28.4 Å². The summed E-state index contributed by atoms with van der Waals surface area (Å²) in [6, 6.07) is 17.3. The van der Waals surface area contributed by atoms with E-state index in [4.69, 9.17) is 20.3 Å². The second-order valence-corrected chi connectivity index (χ2v) is 7.54. The molecule has 0 aliphatic carbocycles. The van der Waals surface area contributed by atoms with E-state index in [1.54, 1.807) is 7.11 Å². The highest BCUT2D eigenvalue weighted by atomic mass is 35.5. The van der Waals surface area contributed by atoms with E-state index in [0.29, 0.717) is 18.8 Å². The molecule has 1 saturated heterocycles. The first-order chi connectivity index (χ1) is 15.2. The number of hydrogen-bond acceptors (Lipinski definition) is 5. The van der Waals surface area contributed by atoms with Gasteiger partial charge >= 0.3 is 0 Å². The molecule has 1 fully saturated rings. The molecular weight excluding hydrogens is 428 g/mol. The SMILES string of the molecule is COc1ccc(-n2nc(C(=O)N3CCCCC3)cc2-c2ccc(OCCN)cc2)cc1.Cl. The number of halogens is 1. The van der Waals surface area contributed by atoms with Gasteiger partial charge in [-0.1, -0.05) is 0 Å². The van der Waals surface area contributed by atoms with Gasteiger partial charge in [-0.25, -0.2) is 4.68 Å². The maximum Gasteiger partial charge on any atom is 0.274 e. The Morgan fingerprint density at radius 1 is 1.00 bits per heavy atom. The summed E-state index contributed by atoms with van der Waals surface area (Å²) in [4.78, 5) is 15.0. The molecule has 0 atom stereocenters. The van der Waals surface area contributed by atoms with Crippen LogP contribution < -0.4 is 15.2 Å². The number of ether oxygens (including phenoxy) is 2. The van der Waals surface area contributed by atoms with Gasteiger partial charge < -0.3 is 20.1 Å². The predicted molar refractivity (Wildman–Crippen MR) is 127 cm³/mol. The topological polar surface area (TPSA) is 82.6 Å². The number of amides is 1. The van der Waals surface area contributed by atoms with Gasteiger partial charge in [0, 0.05) is 25.2 Å². The first-order valence-electron chi connectivity index (χ1n) is 10.7. The van der Waals surface area contributed by atoms with Gasteiger partial charge in [-0.2, -0.15) is 5.10 Å². The molecule has 1 aliphatic heterocycles. The molecule has 32 heavy (non-hydrogen) atoms. The largest absolute Gasteiger partial charge is 0.497 e. The third-order valence-electron chi connectivity index (χ3n) is 5.43. The van der Waals surface area contributed by atoms with Crippen LogP contribution in [0.1, 0.15) is 29.8 Å². The van der Waals surface area contributed by atoms with Gasteiger partial charge in [-0.3, -0.25) is 4.79 Å². The van der Waals surface area contributed by atoms with Gasteiger partial charge in [0.25, 0.3) is 5.91 Å². The summed E-state index contributed by atoms with van der Waals surface area (Å²) < 4.78 is 12.7. The van der Waals surface area contributed by atoms with Gasteiger partial charge in [-0.15, -0.1) is 12.4 Å². The van der Waals surface area contributed by atoms with Crippen molar-refractivity contribution in [2.75, 3.05) is 33.4 Å². The Morgan fingerprint density at radius 2 is 1.66 bits per heavy atom. The van der Waals surface area contributed by atoms with Crippen molar-refractivity contribution in [3.05, 3.63) is 60.3 Å². The highest BCUT2D eigenvalue weighted by Gasteiger charge is 2.23. The molecule has 8 heteroatoms. The van der Waals surface area contributed by atoms with Crippen LogP contribution in [-0.2, 0) is 0 Å². The molecule has 2 N–H and O–H groups in total. The number of carbonyl (C=O) groups excluding carboxylic acids is 1. The molecule has 2 heterocycles. The van der Waals surface area contributed by atoms with E-state index in [-0.39, 0.29) is 18.3 Å². The Hall–Kier alpha value is -3.03. The number of nitrogens with two attached hydrogens (primary N) is 1. The zero-order valence-corrected chi connectivity index (χ0v) is 19.0. The number of likely N-dealkylation sites (tertiary alicyclic amines) is 1. The monoisotopic (exact) mass is 456 g/mol. The first-order valence-corrected chi connectivity index (χ1v) is 10.7. The first kappa shape index (κ1) is 23.6. The second kappa shape index (κ2) is 11.0. The Bertz CT molecular complexity index is 1010. The molecule has 0 spiro atoms. The van der Waals surface area contributed by atoms with Crippen LogP contribution in [-0.4, -0.2) is 53.9 Å². The number of nitrogens with zero attached hydrogens (tertiary/aromatic N) is 3. The van der Waals surface area contributed by atoms with Crippen molar-refractivity contribution in [1.82, 2.24) is 14.7 Å². The molecule has 1 aromatic heterocycles. The highest BCUT2D eigenvalue weighted by molar-refractivity contribution is 5.93. The van der Waals surface area contributed by atoms with E-state index >= 15 is 0 Å². The van der Waals surface area contributed by atoms with E-state index in [9.17, 15) is 4.79 Å². The van der Waals surface area contributed by atoms with Crippen molar-refractivity contribution in [3.63, 3.8) is 0 Å². The number of carbonyl (C=O) groups is 1. The summed E-state index contributed by atoms with van der Waals surface area (Å²) in [6.45, 7) is 2.51. The average Bonchev–Trinajstić information content (AvgIpc) is 3.28. The molecule has 0 unspecified atom stereocenters. The van der Waals surface area contributed by atoms with Crippen LogP contribution in [0.25, 0.3) is 16.9 Å². The van der Waals surface area contributed by atoms with Gasteiger partial charge in [-0.05, 0) is 73.9 Å². The summed E-state index contributed by atoms with van der Waals surface area (Å²) in [5.41, 5.74) is 8.62. The van der Waals surface area contributed by atoms with Crippen LogP contribution in [0, 0.1) is 0 Å². The smallest absolute Gasteiger partial charge is 0.274 e. The molecule has 170 valence electrons. The van der Waals surface area contributed by atoms with Crippen LogP contribution in [0.2, 0.25) is 0 Å². The number of rotatable bonds is 7. The molecule has 0 bridgehead atoms. The maximum absolute atomic E-state index is 13.1. The lowest BCUT2D eigenvalue weighted by Gasteiger charge is -2.25. The molecular formula is C24H29ClN4O3. The molecule has 0 radical (unpaired) electrons. The zero-order chi connectivity index (χ0) is 21.6. The van der Waals surface area contributed by atoms with Crippen molar-refractivity contribution in [2.24, 2.45) is 5.73 Å². The molecule has 2 aromatic carbocycles. The molecule has 3 aromatic rings. The Kier molecular flexibility index (Phi) is 8.14. The van der Waals surface area contributed by atoms with Gasteiger partial charge in [0.2, 0.25) is 0 Å². The van der Waals surface area contributed by atoms with Crippen LogP contribution in [0.15, 0.2) is 54.6 Å². The van der Waals surface area contributed by atoms with E-state index in [0.717, 1.165) is 54.4 Å². The Morgan fingerprint density at radius 3 is 2.28 bits per heavy atom. The van der Waals surface area contributed by atoms with Crippen molar-refractivity contribution in [1.29, 1.82) is 0 Å². The highest BCUT2D eigenvalue weighted by Crippen LogP contribution is 2.28. The van der Waals surface area contributed by atoms with Crippen molar-refractivity contribution in [2.45, 2.75) is 19.3 Å². The zero-order valence-electron chi connectivity index (χ0n) is 18.2. The van der Waals surface area contributed by atoms with E-state index in [2.05, 4.69) is 0 Å². The van der Waals surface area contributed by atoms with E-state index in [1.165, 1.54) is 6.42 Å². The predicted octanol–water partition coefficient (Wildman–Crippen LogP) is 3.93. The quantitative estimate of drug-likeness (QED) is 0.582. The normalized spacial score (nSPS) is 13.4. The Labute approximate surface area is 194 Å².